The summed E-state index contributed by atoms with van der Waals surface area (Å²) < 4.78 is 1.02. The normalized spacial score (nSPS) is 10.3. The SMILES string of the molecule is Nc1ccncc1C(=O)CSc1ccc(Br)cc1. The van der Waals surface area contributed by atoms with E-state index in [0.717, 1.165) is 9.37 Å². The molecule has 0 amide bonds. The van der Waals surface area contributed by atoms with Gasteiger partial charge in [0.1, 0.15) is 0 Å². The molecule has 0 saturated heterocycles. The van der Waals surface area contributed by atoms with Crippen LogP contribution in [0.15, 0.2) is 52.1 Å². The number of carbonyl (C=O) groups excluding carboxylic acids is 1. The summed E-state index contributed by atoms with van der Waals surface area (Å²) in [5, 5.41) is 0. The first kappa shape index (κ1) is 13.1. The monoisotopic (exact) mass is 322 g/mol. The van der Waals surface area contributed by atoms with Crippen molar-refractivity contribution < 1.29 is 4.79 Å². The second-order valence-corrected chi connectivity index (χ2v) is 5.59. The molecule has 0 radical (unpaired) electrons. The molecule has 1 heterocycles. The number of hydrogen-bond donors (Lipinski definition) is 1. The zero-order chi connectivity index (χ0) is 13.0. The molecule has 18 heavy (non-hydrogen) atoms. The lowest BCUT2D eigenvalue weighted by Gasteiger charge is -2.04. The number of pyridine rings is 1. The molecule has 0 aliphatic carbocycles. The van der Waals surface area contributed by atoms with Crippen LogP contribution in [0.2, 0.25) is 0 Å². The second-order valence-electron chi connectivity index (χ2n) is 3.63. The second kappa shape index (κ2) is 6.02. The van der Waals surface area contributed by atoms with Gasteiger partial charge in [0.15, 0.2) is 5.78 Å². The zero-order valence-electron chi connectivity index (χ0n) is 9.47. The van der Waals surface area contributed by atoms with E-state index in [2.05, 4.69) is 20.9 Å². The summed E-state index contributed by atoms with van der Waals surface area (Å²) in [4.78, 5) is 16.9. The van der Waals surface area contributed by atoms with Gasteiger partial charge in [0.25, 0.3) is 0 Å². The molecule has 2 N–H and O–H groups in total. The average Bonchev–Trinajstić information content (AvgIpc) is 2.38. The quantitative estimate of drug-likeness (QED) is 0.692. The van der Waals surface area contributed by atoms with Crippen LogP contribution in [0.3, 0.4) is 0 Å². The van der Waals surface area contributed by atoms with Gasteiger partial charge in [-0.05, 0) is 30.3 Å². The van der Waals surface area contributed by atoms with Gasteiger partial charge in [-0.2, -0.15) is 0 Å². The molecular formula is C13H11BrN2OS. The Hall–Kier alpha value is -1.33. The van der Waals surface area contributed by atoms with Gasteiger partial charge in [0.2, 0.25) is 0 Å². The van der Waals surface area contributed by atoms with Crippen LogP contribution in [0.1, 0.15) is 10.4 Å². The molecule has 0 atom stereocenters. The van der Waals surface area contributed by atoms with Crippen molar-refractivity contribution in [3.63, 3.8) is 0 Å². The zero-order valence-corrected chi connectivity index (χ0v) is 11.9. The van der Waals surface area contributed by atoms with Crippen molar-refractivity contribution in [2.75, 3.05) is 11.5 Å². The van der Waals surface area contributed by atoms with Gasteiger partial charge in [0, 0.05) is 27.4 Å². The van der Waals surface area contributed by atoms with Crippen LogP contribution in [0.4, 0.5) is 5.69 Å². The number of benzene rings is 1. The topological polar surface area (TPSA) is 56.0 Å². The fourth-order valence-electron chi connectivity index (χ4n) is 1.40. The molecule has 2 rings (SSSR count). The van der Waals surface area contributed by atoms with Crippen molar-refractivity contribution in [3.8, 4) is 0 Å². The van der Waals surface area contributed by atoms with Gasteiger partial charge < -0.3 is 5.73 Å². The van der Waals surface area contributed by atoms with Crippen LogP contribution in [0.25, 0.3) is 0 Å². The van der Waals surface area contributed by atoms with Crippen LogP contribution >= 0.6 is 27.7 Å². The van der Waals surface area contributed by atoms with Crippen molar-refractivity contribution in [2.24, 2.45) is 0 Å². The Balaban J connectivity index is 2.01. The smallest absolute Gasteiger partial charge is 0.176 e. The predicted octanol–water partition coefficient (Wildman–Crippen LogP) is 3.40. The maximum absolute atomic E-state index is 12.0. The number of halogens is 1. The van der Waals surface area contributed by atoms with Crippen molar-refractivity contribution in [2.45, 2.75) is 4.90 Å². The van der Waals surface area contributed by atoms with E-state index >= 15 is 0 Å². The highest BCUT2D eigenvalue weighted by molar-refractivity contribution is 9.10. The van der Waals surface area contributed by atoms with Crippen molar-refractivity contribution >= 4 is 39.2 Å². The van der Waals surface area contributed by atoms with Crippen molar-refractivity contribution in [1.82, 2.24) is 4.98 Å². The van der Waals surface area contributed by atoms with Gasteiger partial charge in [-0.3, -0.25) is 9.78 Å². The fourth-order valence-corrected chi connectivity index (χ4v) is 2.44. The van der Waals surface area contributed by atoms with Gasteiger partial charge in [-0.25, -0.2) is 0 Å². The third kappa shape index (κ3) is 3.34. The molecule has 92 valence electrons. The third-order valence-corrected chi connectivity index (χ3v) is 3.88. The Morgan fingerprint density at radius 3 is 2.67 bits per heavy atom. The van der Waals surface area contributed by atoms with Gasteiger partial charge in [0.05, 0.1) is 11.3 Å². The highest BCUT2D eigenvalue weighted by Crippen LogP contribution is 2.22. The molecule has 0 unspecified atom stereocenters. The van der Waals surface area contributed by atoms with E-state index in [1.54, 1.807) is 12.3 Å². The Labute approximate surface area is 118 Å². The lowest BCUT2D eigenvalue weighted by molar-refractivity contribution is 0.102. The molecule has 0 aliphatic rings. The molecule has 1 aromatic carbocycles. The number of hydrogen-bond acceptors (Lipinski definition) is 4. The van der Waals surface area contributed by atoms with Gasteiger partial charge in [-0.15, -0.1) is 11.8 Å². The Bertz CT molecular complexity index is 557. The number of ketones is 1. The number of aromatic nitrogens is 1. The Morgan fingerprint density at radius 2 is 2.00 bits per heavy atom. The highest BCUT2D eigenvalue weighted by Gasteiger charge is 2.10. The lowest BCUT2D eigenvalue weighted by Crippen LogP contribution is -2.06. The molecule has 3 nitrogen and oxygen atoms in total. The van der Waals surface area contributed by atoms with Crippen molar-refractivity contribution in [3.05, 3.63) is 52.8 Å². The standard InChI is InChI=1S/C13H11BrN2OS/c14-9-1-3-10(4-2-9)18-8-13(17)11-7-16-6-5-12(11)15/h1-7H,8H2,(H2,15,16). The molecule has 0 saturated carbocycles. The summed E-state index contributed by atoms with van der Waals surface area (Å²) in [6.45, 7) is 0. The third-order valence-electron chi connectivity index (χ3n) is 2.34. The van der Waals surface area contributed by atoms with Crippen LogP contribution in [-0.4, -0.2) is 16.5 Å². The van der Waals surface area contributed by atoms with E-state index in [1.165, 1.54) is 18.0 Å². The minimum absolute atomic E-state index is 0.00600. The number of nitrogens with zero attached hydrogens (tertiary/aromatic N) is 1. The predicted molar refractivity (Wildman–Crippen MR) is 77.8 cm³/mol. The van der Waals surface area contributed by atoms with Gasteiger partial charge >= 0.3 is 0 Å². The Kier molecular flexibility index (Phi) is 4.38. The van der Waals surface area contributed by atoms with Crippen LogP contribution < -0.4 is 5.73 Å². The molecule has 5 heteroatoms. The maximum atomic E-state index is 12.0. The summed E-state index contributed by atoms with van der Waals surface area (Å²) in [5.74, 6) is 0.353. The van der Waals surface area contributed by atoms with E-state index < -0.39 is 0 Å². The maximum Gasteiger partial charge on any atom is 0.176 e. The van der Waals surface area contributed by atoms with Crippen LogP contribution in [-0.2, 0) is 0 Å². The first-order valence-corrected chi connectivity index (χ1v) is 7.06. The highest BCUT2D eigenvalue weighted by atomic mass is 79.9. The first-order valence-electron chi connectivity index (χ1n) is 5.28. The van der Waals surface area contributed by atoms with E-state index in [0.29, 0.717) is 17.0 Å². The molecular weight excluding hydrogens is 312 g/mol. The van der Waals surface area contributed by atoms with Crippen LogP contribution in [0.5, 0.6) is 0 Å². The minimum atomic E-state index is -0.00600. The fraction of sp³-hybridized carbons (Fsp3) is 0.0769. The molecule has 0 aliphatic heterocycles. The summed E-state index contributed by atoms with van der Waals surface area (Å²) in [6.07, 6.45) is 3.09. The summed E-state index contributed by atoms with van der Waals surface area (Å²) in [7, 11) is 0. The number of nitrogens with two attached hydrogens (primary N) is 1. The Morgan fingerprint density at radius 1 is 1.28 bits per heavy atom. The molecule has 0 fully saturated rings. The number of nitrogen functional groups attached to an aromatic ring is 1. The number of rotatable bonds is 4. The molecule has 0 spiro atoms. The lowest BCUT2D eigenvalue weighted by atomic mass is 10.2. The summed E-state index contributed by atoms with van der Waals surface area (Å²) in [6, 6.07) is 9.47. The molecule has 1 aromatic heterocycles. The average molecular weight is 323 g/mol. The molecule has 0 bridgehead atoms. The van der Waals surface area contributed by atoms with E-state index in [1.807, 2.05) is 24.3 Å². The van der Waals surface area contributed by atoms with E-state index in [-0.39, 0.29) is 5.78 Å². The van der Waals surface area contributed by atoms with E-state index in [9.17, 15) is 4.79 Å². The number of anilines is 1. The minimum Gasteiger partial charge on any atom is -0.398 e. The first-order chi connectivity index (χ1) is 8.66. The van der Waals surface area contributed by atoms with Crippen molar-refractivity contribution in [1.29, 1.82) is 0 Å². The number of thioether (sulfide) groups is 1. The van der Waals surface area contributed by atoms with E-state index in [4.69, 9.17) is 5.73 Å². The largest absolute Gasteiger partial charge is 0.398 e. The number of Topliss-reactive ketones (excluding diaryl/α,β-unsaturated/α-hetero) is 1. The summed E-state index contributed by atoms with van der Waals surface area (Å²) >= 11 is 4.86. The van der Waals surface area contributed by atoms with Crippen LogP contribution in [0, 0.1) is 0 Å². The summed E-state index contributed by atoms with van der Waals surface area (Å²) in [5.41, 5.74) is 6.70. The van der Waals surface area contributed by atoms with Gasteiger partial charge in [-0.1, -0.05) is 15.9 Å². The molecule has 2 aromatic rings. The number of carbonyl (C=O) groups is 1.